The van der Waals surface area contributed by atoms with Crippen LogP contribution in [0.4, 0.5) is 0 Å². The number of halogens is 1. The van der Waals surface area contributed by atoms with Gasteiger partial charge in [-0.15, -0.1) is 5.10 Å². The summed E-state index contributed by atoms with van der Waals surface area (Å²) >= 11 is 6.14. The summed E-state index contributed by atoms with van der Waals surface area (Å²) < 4.78 is 33.8. The molecule has 0 aliphatic rings. The predicted molar refractivity (Wildman–Crippen MR) is 118 cm³/mol. The lowest BCUT2D eigenvalue weighted by Gasteiger charge is -2.23. The van der Waals surface area contributed by atoms with Gasteiger partial charge in [-0.05, 0) is 43.0 Å². The lowest BCUT2D eigenvalue weighted by Crippen LogP contribution is -2.31. The van der Waals surface area contributed by atoms with Gasteiger partial charge in [0, 0.05) is 12.3 Å². The maximum atomic E-state index is 12.4. The summed E-state index contributed by atoms with van der Waals surface area (Å²) in [5.74, 6) is 0.514. The van der Waals surface area contributed by atoms with Gasteiger partial charge in [0.1, 0.15) is 11.1 Å². The molecule has 0 saturated heterocycles. The van der Waals surface area contributed by atoms with E-state index in [1.807, 2.05) is 4.72 Å². The molecule has 0 radical (unpaired) electrons. The highest BCUT2D eigenvalue weighted by Crippen LogP contribution is 2.34. The van der Waals surface area contributed by atoms with Crippen LogP contribution in [-0.4, -0.2) is 53.8 Å². The Balaban J connectivity index is 1.76. The Bertz CT molecular complexity index is 1160. The number of pyridine rings is 1. The first kappa shape index (κ1) is 22.1. The van der Waals surface area contributed by atoms with Crippen molar-refractivity contribution in [3.63, 3.8) is 0 Å². The maximum absolute atomic E-state index is 12.4. The third kappa shape index (κ3) is 5.53. The fourth-order valence-corrected chi connectivity index (χ4v) is 4.00. The van der Waals surface area contributed by atoms with Crippen molar-refractivity contribution >= 4 is 37.6 Å². The van der Waals surface area contributed by atoms with Crippen LogP contribution in [-0.2, 0) is 10.0 Å². The molecule has 0 fully saturated rings. The zero-order valence-electron chi connectivity index (χ0n) is 16.6. The Morgan fingerprint density at radius 3 is 2.43 bits per heavy atom. The minimum Gasteiger partial charge on any atom is -0.467 e. The van der Waals surface area contributed by atoms with Gasteiger partial charge in [-0.25, -0.2) is 32.8 Å². The minimum atomic E-state index is -4.02. The van der Waals surface area contributed by atoms with Crippen LogP contribution < -0.4 is 9.46 Å². The van der Waals surface area contributed by atoms with Crippen LogP contribution in [0.25, 0.3) is 5.82 Å². The van der Waals surface area contributed by atoms with Crippen LogP contribution in [0.1, 0.15) is 10.4 Å². The fraction of sp³-hybridized carbons (Fsp3) is 0.211. The summed E-state index contributed by atoms with van der Waals surface area (Å²) in [7, 11) is -4.86. The van der Waals surface area contributed by atoms with Gasteiger partial charge >= 0.3 is 0 Å². The number of nitrogens with zero attached hydrogens (tertiary/aromatic N) is 3. The average molecular weight is 469 g/mol. The molecule has 3 rings (SSSR count). The van der Waals surface area contributed by atoms with E-state index >= 15 is 0 Å². The molecule has 0 aliphatic carbocycles. The van der Waals surface area contributed by atoms with Crippen LogP contribution in [0, 0.1) is 0 Å². The number of benzene rings is 1. The number of sulfonamides is 1. The van der Waals surface area contributed by atoms with Crippen molar-refractivity contribution in [3.05, 3.63) is 65.4 Å². The Hall–Kier alpha value is -2.56. The summed E-state index contributed by atoms with van der Waals surface area (Å²) in [5, 5.41) is 4.14. The van der Waals surface area contributed by atoms with E-state index in [4.69, 9.17) is 16.3 Å². The highest BCUT2D eigenvalue weighted by molar-refractivity contribution is 8.32. The maximum Gasteiger partial charge on any atom is 0.268 e. The van der Waals surface area contributed by atoms with E-state index in [9.17, 15) is 13.2 Å². The van der Waals surface area contributed by atoms with Crippen LogP contribution >= 0.6 is 21.6 Å². The molecular formula is C19H21ClN4O4S2. The molecule has 11 heteroatoms. The molecule has 0 saturated carbocycles. The third-order valence-corrected chi connectivity index (χ3v) is 6.18. The molecule has 2 aromatic heterocycles. The predicted octanol–water partition coefficient (Wildman–Crippen LogP) is 3.07. The van der Waals surface area contributed by atoms with E-state index in [1.165, 1.54) is 28.9 Å². The Morgan fingerprint density at radius 2 is 1.80 bits per heavy atom. The monoisotopic (exact) mass is 468 g/mol. The average Bonchev–Trinajstić information content (AvgIpc) is 3.15. The second-order valence-electron chi connectivity index (χ2n) is 7.21. The summed E-state index contributed by atoms with van der Waals surface area (Å²) in [6, 6.07) is 12.2. The normalized spacial score (nSPS) is 12.4. The molecule has 0 unspecified atom stereocenters. The molecule has 30 heavy (non-hydrogen) atoms. The lowest BCUT2D eigenvalue weighted by molar-refractivity contribution is 0.0981. The van der Waals surface area contributed by atoms with Crippen molar-refractivity contribution in [3.8, 4) is 11.7 Å². The molecule has 1 N–H and O–H groups in total. The van der Waals surface area contributed by atoms with Crippen molar-refractivity contribution < 1.29 is 17.9 Å². The molecule has 0 aliphatic heterocycles. The van der Waals surface area contributed by atoms with Crippen LogP contribution in [0.5, 0.6) is 5.88 Å². The van der Waals surface area contributed by atoms with Gasteiger partial charge in [0.05, 0.1) is 10.5 Å². The molecule has 1 amide bonds. The summed E-state index contributed by atoms with van der Waals surface area (Å²) in [4.78, 5) is 16.6. The second-order valence-corrected chi connectivity index (χ2v) is 13.7. The van der Waals surface area contributed by atoms with Crippen molar-refractivity contribution in [2.45, 2.75) is 4.90 Å². The number of carbonyl (C=O) groups excluding carboxylic acids is 1. The molecule has 0 bridgehead atoms. The zero-order chi connectivity index (χ0) is 21.9. The summed E-state index contributed by atoms with van der Waals surface area (Å²) in [6.07, 6.45) is 8.05. The largest absolute Gasteiger partial charge is 0.467 e. The topological polar surface area (TPSA) is 103 Å². The number of nitrogens with one attached hydrogen (secondary N) is 1. The Kier molecular flexibility index (Phi) is 6.39. The van der Waals surface area contributed by atoms with Gasteiger partial charge in [-0.1, -0.05) is 29.8 Å². The molecule has 8 nitrogen and oxygen atoms in total. The SMILES string of the molecule is CS(C)(C)COc1ccn(-c2ccc(C(=O)NS(=O)(=O)c3ccccc3)c(Cl)n2)n1. The zero-order valence-corrected chi connectivity index (χ0v) is 19.0. The first-order chi connectivity index (χ1) is 14.0. The minimum absolute atomic E-state index is 0.0276. The number of hydrogen-bond donors (Lipinski definition) is 1. The van der Waals surface area contributed by atoms with Crippen molar-refractivity contribution in [1.29, 1.82) is 0 Å². The van der Waals surface area contributed by atoms with E-state index in [-0.39, 0.29) is 15.6 Å². The van der Waals surface area contributed by atoms with E-state index in [1.54, 1.807) is 30.5 Å². The quantitative estimate of drug-likeness (QED) is 0.534. The van der Waals surface area contributed by atoms with Crippen LogP contribution in [0.2, 0.25) is 5.15 Å². The number of aromatic nitrogens is 3. The Morgan fingerprint density at radius 1 is 1.10 bits per heavy atom. The summed E-state index contributed by atoms with van der Waals surface area (Å²) in [5.41, 5.74) is -0.0696. The van der Waals surface area contributed by atoms with Crippen molar-refractivity contribution in [1.82, 2.24) is 19.5 Å². The molecule has 3 aromatic rings. The van der Waals surface area contributed by atoms with E-state index in [2.05, 4.69) is 28.8 Å². The molecule has 1 aromatic carbocycles. The highest BCUT2D eigenvalue weighted by Gasteiger charge is 2.21. The van der Waals surface area contributed by atoms with Crippen LogP contribution in [0.3, 0.4) is 0 Å². The summed E-state index contributed by atoms with van der Waals surface area (Å²) in [6.45, 7) is 0. The van der Waals surface area contributed by atoms with Gasteiger partial charge < -0.3 is 4.74 Å². The molecule has 0 atom stereocenters. The van der Waals surface area contributed by atoms with Gasteiger partial charge in [-0.2, -0.15) is 0 Å². The smallest absolute Gasteiger partial charge is 0.268 e. The molecule has 0 spiro atoms. The van der Waals surface area contributed by atoms with E-state index < -0.39 is 26.0 Å². The van der Waals surface area contributed by atoms with Crippen molar-refractivity contribution in [2.24, 2.45) is 0 Å². The number of carbonyl (C=O) groups is 1. The van der Waals surface area contributed by atoms with Gasteiger partial charge in [0.2, 0.25) is 5.88 Å². The van der Waals surface area contributed by atoms with Gasteiger partial charge in [-0.3, -0.25) is 4.79 Å². The molecule has 160 valence electrons. The van der Waals surface area contributed by atoms with Gasteiger partial charge in [0.25, 0.3) is 15.9 Å². The van der Waals surface area contributed by atoms with Gasteiger partial charge in [0.15, 0.2) is 5.82 Å². The first-order valence-electron chi connectivity index (χ1n) is 8.69. The number of hydrogen-bond acceptors (Lipinski definition) is 6. The van der Waals surface area contributed by atoms with E-state index in [0.717, 1.165) is 0 Å². The second kappa shape index (κ2) is 8.66. The fourth-order valence-electron chi connectivity index (χ4n) is 2.31. The Labute approximate surface area is 181 Å². The van der Waals surface area contributed by atoms with E-state index in [0.29, 0.717) is 17.6 Å². The van der Waals surface area contributed by atoms with Crippen LogP contribution in [0.15, 0.2) is 59.6 Å². The van der Waals surface area contributed by atoms with Crippen molar-refractivity contribution in [2.75, 3.05) is 24.7 Å². The number of amides is 1. The third-order valence-electron chi connectivity index (χ3n) is 3.72. The number of rotatable bonds is 7. The number of ether oxygens (including phenoxy) is 1. The lowest BCUT2D eigenvalue weighted by atomic mass is 10.3. The standard InChI is InChI=1S/C19H21ClN4O4S2/c1-29(2,3)13-28-17-11-12-24(22-17)16-10-9-15(18(20)21-16)19(25)23-30(26,27)14-7-5-4-6-8-14/h4-12H,13H2,1-3H3,(H,23,25). The molecule has 2 heterocycles. The highest BCUT2D eigenvalue weighted by atomic mass is 35.5. The first-order valence-corrected chi connectivity index (χ1v) is 13.6. The molecular weight excluding hydrogens is 448 g/mol.